The predicted molar refractivity (Wildman–Crippen MR) is 77.4 cm³/mol. The highest BCUT2D eigenvalue weighted by Crippen LogP contribution is 2.26. The Hall–Kier alpha value is -1.41. The predicted octanol–water partition coefficient (Wildman–Crippen LogP) is 3.59. The van der Waals surface area contributed by atoms with Crippen LogP contribution in [-0.2, 0) is 4.79 Å². The molecule has 22 heavy (non-hydrogen) atoms. The van der Waals surface area contributed by atoms with Gasteiger partial charge in [0.25, 0.3) is 5.91 Å². The van der Waals surface area contributed by atoms with Crippen molar-refractivity contribution in [3.8, 4) is 0 Å². The largest absolute Gasteiger partial charge is 0.480 e. The van der Waals surface area contributed by atoms with Gasteiger partial charge >= 0.3 is 12.1 Å². The summed E-state index contributed by atoms with van der Waals surface area (Å²) in [4.78, 5) is 23.5. The van der Waals surface area contributed by atoms with Gasteiger partial charge in [-0.15, -0.1) is 11.8 Å². The van der Waals surface area contributed by atoms with Gasteiger partial charge in [-0.2, -0.15) is 13.2 Å². The van der Waals surface area contributed by atoms with Crippen molar-refractivity contribution in [2.45, 2.75) is 30.5 Å². The zero-order chi connectivity index (χ0) is 16.9. The van der Waals surface area contributed by atoms with Crippen molar-refractivity contribution < 1.29 is 27.9 Å². The van der Waals surface area contributed by atoms with Crippen molar-refractivity contribution in [1.82, 2.24) is 5.32 Å². The number of carboxylic acids is 1. The van der Waals surface area contributed by atoms with Gasteiger partial charge in [-0.05, 0) is 24.0 Å². The molecular weight excluding hydrogens is 343 g/mol. The summed E-state index contributed by atoms with van der Waals surface area (Å²) in [6, 6.07) is 2.35. The van der Waals surface area contributed by atoms with Gasteiger partial charge in [0, 0.05) is 9.92 Å². The van der Waals surface area contributed by atoms with Gasteiger partial charge in [0.2, 0.25) is 0 Å². The van der Waals surface area contributed by atoms with E-state index in [9.17, 15) is 22.8 Å². The molecule has 2 N–H and O–H groups in total. The first-order chi connectivity index (χ1) is 10.1. The normalized spacial score (nSPS) is 12.8. The van der Waals surface area contributed by atoms with Crippen molar-refractivity contribution >= 4 is 35.2 Å². The van der Waals surface area contributed by atoms with Crippen molar-refractivity contribution in [1.29, 1.82) is 0 Å². The molecule has 9 heteroatoms. The van der Waals surface area contributed by atoms with Gasteiger partial charge in [-0.25, -0.2) is 4.79 Å². The lowest BCUT2D eigenvalue weighted by Crippen LogP contribution is -2.43. The molecule has 0 aromatic heterocycles. The van der Waals surface area contributed by atoms with Crippen LogP contribution in [-0.4, -0.2) is 35.0 Å². The fourth-order valence-electron chi connectivity index (χ4n) is 1.63. The molecule has 122 valence electrons. The number of carbonyl (C=O) groups is 2. The van der Waals surface area contributed by atoms with E-state index in [4.69, 9.17) is 16.7 Å². The lowest BCUT2D eigenvalue weighted by Gasteiger charge is -2.17. The Morgan fingerprint density at radius 2 is 2.05 bits per heavy atom. The molecule has 0 bridgehead atoms. The maximum absolute atomic E-state index is 12.3. The minimum absolute atomic E-state index is 0.0489. The summed E-state index contributed by atoms with van der Waals surface area (Å²) >= 11 is 7.08. The maximum Gasteiger partial charge on any atom is 0.391 e. The number of halogens is 4. The van der Waals surface area contributed by atoms with E-state index in [1.807, 2.05) is 12.2 Å². The number of benzene rings is 1. The number of hydrogen-bond acceptors (Lipinski definition) is 3. The summed E-state index contributed by atoms with van der Waals surface area (Å²) < 4.78 is 37.0. The fourth-order valence-corrected chi connectivity index (χ4v) is 2.58. The minimum Gasteiger partial charge on any atom is -0.480 e. The van der Waals surface area contributed by atoms with E-state index in [0.717, 1.165) is 0 Å². The molecule has 0 aliphatic heterocycles. The molecule has 1 aromatic rings. The van der Waals surface area contributed by atoms with Crippen LogP contribution >= 0.6 is 23.4 Å². The number of nitrogens with one attached hydrogen (secondary N) is 1. The SMILES string of the molecule is CCSc1ccc(Cl)cc1C(=O)NC(CC(F)(F)F)C(=O)O. The van der Waals surface area contributed by atoms with Crippen LogP contribution in [0.25, 0.3) is 0 Å². The minimum atomic E-state index is -4.70. The van der Waals surface area contributed by atoms with Crippen molar-refractivity contribution in [2.24, 2.45) is 0 Å². The van der Waals surface area contributed by atoms with E-state index in [0.29, 0.717) is 10.6 Å². The van der Waals surface area contributed by atoms with Crippen LogP contribution in [0.3, 0.4) is 0 Å². The Kier molecular flexibility index (Phi) is 6.55. The average molecular weight is 356 g/mol. The van der Waals surface area contributed by atoms with Gasteiger partial charge in [-0.3, -0.25) is 4.79 Å². The van der Waals surface area contributed by atoms with E-state index in [-0.39, 0.29) is 10.6 Å². The molecule has 1 atom stereocenters. The summed E-state index contributed by atoms with van der Waals surface area (Å²) in [5, 5.41) is 10.9. The molecule has 1 unspecified atom stereocenters. The summed E-state index contributed by atoms with van der Waals surface area (Å²) in [7, 11) is 0. The second-order valence-corrected chi connectivity index (χ2v) is 6.00. The number of carboxylic acid groups (broad SMARTS) is 1. The number of alkyl halides is 3. The second kappa shape index (κ2) is 7.73. The number of thioether (sulfide) groups is 1. The lowest BCUT2D eigenvalue weighted by atomic mass is 10.1. The Labute approximate surface area is 134 Å². The summed E-state index contributed by atoms with van der Waals surface area (Å²) in [6.45, 7) is 1.84. The van der Waals surface area contributed by atoms with Gasteiger partial charge in [-0.1, -0.05) is 18.5 Å². The maximum atomic E-state index is 12.3. The average Bonchev–Trinajstić information content (AvgIpc) is 2.38. The number of rotatable bonds is 6. The van der Waals surface area contributed by atoms with Crippen LogP contribution < -0.4 is 5.32 Å². The molecule has 0 heterocycles. The molecule has 1 aromatic carbocycles. The van der Waals surface area contributed by atoms with Crippen LogP contribution in [0.2, 0.25) is 5.02 Å². The Morgan fingerprint density at radius 1 is 1.41 bits per heavy atom. The highest BCUT2D eigenvalue weighted by Gasteiger charge is 2.36. The number of hydrogen-bond donors (Lipinski definition) is 2. The first-order valence-corrected chi connectivity index (χ1v) is 7.53. The monoisotopic (exact) mass is 355 g/mol. The molecule has 0 aliphatic carbocycles. The van der Waals surface area contributed by atoms with E-state index in [1.54, 1.807) is 12.1 Å². The third kappa shape index (κ3) is 5.76. The third-order valence-corrected chi connectivity index (χ3v) is 3.72. The highest BCUT2D eigenvalue weighted by atomic mass is 35.5. The molecule has 1 amide bonds. The smallest absolute Gasteiger partial charge is 0.391 e. The van der Waals surface area contributed by atoms with Crippen LogP contribution in [0, 0.1) is 0 Å². The first kappa shape index (κ1) is 18.6. The van der Waals surface area contributed by atoms with Crippen LogP contribution in [0.5, 0.6) is 0 Å². The first-order valence-electron chi connectivity index (χ1n) is 6.16. The van der Waals surface area contributed by atoms with E-state index >= 15 is 0 Å². The lowest BCUT2D eigenvalue weighted by molar-refractivity contribution is -0.157. The molecular formula is C13H13ClF3NO3S. The topological polar surface area (TPSA) is 66.4 Å². The van der Waals surface area contributed by atoms with Crippen molar-refractivity contribution in [3.05, 3.63) is 28.8 Å². The van der Waals surface area contributed by atoms with Crippen molar-refractivity contribution in [2.75, 3.05) is 5.75 Å². The zero-order valence-electron chi connectivity index (χ0n) is 11.4. The molecule has 0 radical (unpaired) electrons. The highest BCUT2D eigenvalue weighted by molar-refractivity contribution is 7.99. The van der Waals surface area contributed by atoms with Gasteiger partial charge in [0.15, 0.2) is 0 Å². The molecule has 4 nitrogen and oxygen atoms in total. The summed E-state index contributed by atoms with van der Waals surface area (Å²) in [6.07, 6.45) is -6.35. The van der Waals surface area contributed by atoms with Gasteiger partial charge in [0.1, 0.15) is 6.04 Å². The molecule has 0 aliphatic rings. The number of aliphatic carboxylic acids is 1. The Balaban J connectivity index is 2.99. The fraction of sp³-hybridized carbons (Fsp3) is 0.385. The van der Waals surface area contributed by atoms with Gasteiger partial charge < -0.3 is 10.4 Å². The molecule has 1 rings (SSSR count). The van der Waals surface area contributed by atoms with Crippen LogP contribution in [0.1, 0.15) is 23.7 Å². The van der Waals surface area contributed by atoms with E-state index < -0.39 is 30.5 Å². The zero-order valence-corrected chi connectivity index (χ0v) is 13.0. The van der Waals surface area contributed by atoms with E-state index in [2.05, 4.69) is 0 Å². The van der Waals surface area contributed by atoms with E-state index in [1.165, 1.54) is 17.8 Å². The van der Waals surface area contributed by atoms with Crippen LogP contribution in [0.4, 0.5) is 13.2 Å². The quantitative estimate of drug-likeness (QED) is 0.765. The third-order valence-electron chi connectivity index (χ3n) is 2.53. The van der Waals surface area contributed by atoms with Gasteiger partial charge in [0.05, 0.1) is 12.0 Å². The molecule has 0 saturated carbocycles. The van der Waals surface area contributed by atoms with Crippen molar-refractivity contribution in [3.63, 3.8) is 0 Å². The second-order valence-electron chi connectivity index (χ2n) is 4.26. The Bertz CT molecular complexity index is 566. The summed E-state index contributed by atoms with van der Waals surface area (Å²) in [5.41, 5.74) is 0.0489. The number of amides is 1. The molecule has 0 spiro atoms. The summed E-state index contributed by atoms with van der Waals surface area (Å²) in [5.74, 6) is -2.03. The van der Waals surface area contributed by atoms with Crippen LogP contribution in [0.15, 0.2) is 23.1 Å². The standard InChI is InChI=1S/C13H13ClF3NO3S/c1-2-22-10-4-3-7(14)5-8(10)11(19)18-9(12(20)21)6-13(15,16)17/h3-5,9H,2,6H2,1H3,(H,18,19)(H,20,21). The molecule has 0 fully saturated rings. The number of carbonyl (C=O) groups excluding carboxylic acids is 1. The Morgan fingerprint density at radius 3 is 2.55 bits per heavy atom. The molecule has 0 saturated heterocycles.